The molecular weight excluding hydrogens is 256 g/mol. The maximum absolute atomic E-state index is 13.5. The van der Waals surface area contributed by atoms with Crippen molar-refractivity contribution in [2.75, 3.05) is 0 Å². The second-order valence-electron chi connectivity index (χ2n) is 4.20. The summed E-state index contributed by atoms with van der Waals surface area (Å²) in [5, 5.41) is 0. The fourth-order valence-corrected chi connectivity index (χ4v) is 1.89. The number of alkyl halides is 2. The molecule has 0 N–H and O–H groups in total. The molecule has 19 heavy (non-hydrogen) atoms. The van der Waals surface area contributed by atoms with E-state index in [9.17, 15) is 17.6 Å². The Bertz CT molecular complexity index is 550. The Morgan fingerprint density at radius 1 is 0.895 bits per heavy atom. The summed E-state index contributed by atoms with van der Waals surface area (Å²) in [6, 6.07) is 8.99. The van der Waals surface area contributed by atoms with E-state index in [4.69, 9.17) is 0 Å². The number of hydrogen-bond donors (Lipinski definition) is 0. The first-order chi connectivity index (χ1) is 9.02. The average Bonchev–Trinajstić information content (AvgIpc) is 2.37. The quantitative estimate of drug-likeness (QED) is 0.677. The predicted molar refractivity (Wildman–Crippen MR) is 66.1 cm³/mol. The Balaban J connectivity index is 2.45. The average molecular weight is 268 g/mol. The van der Waals surface area contributed by atoms with Crippen LogP contribution in [-0.2, 0) is 6.42 Å². The lowest BCUT2D eigenvalue weighted by molar-refractivity contribution is 0.141. The van der Waals surface area contributed by atoms with Crippen LogP contribution in [-0.4, -0.2) is 0 Å². The van der Waals surface area contributed by atoms with Crippen LogP contribution in [0.1, 0.15) is 24.5 Å². The van der Waals surface area contributed by atoms with E-state index >= 15 is 0 Å². The minimum absolute atomic E-state index is 0.252. The number of halogens is 4. The molecule has 0 saturated carbocycles. The second-order valence-corrected chi connectivity index (χ2v) is 4.20. The number of benzene rings is 2. The fourth-order valence-electron chi connectivity index (χ4n) is 1.89. The lowest BCUT2D eigenvalue weighted by Gasteiger charge is -2.08. The highest BCUT2D eigenvalue weighted by atomic mass is 19.3. The highest BCUT2D eigenvalue weighted by Crippen LogP contribution is 2.30. The molecule has 0 aromatic heterocycles. The zero-order valence-electron chi connectivity index (χ0n) is 10.3. The summed E-state index contributed by atoms with van der Waals surface area (Å²) < 4.78 is 51.8. The van der Waals surface area contributed by atoms with Crippen molar-refractivity contribution in [3.63, 3.8) is 0 Å². The lowest BCUT2D eigenvalue weighted by Crippen LogP contribution is -1.97. The fraction of sp³-hybridized carbons (Fsp3) is 0.200. The zero-order valence-corrected chi connectivity index (χ0v) is 10.3. The summed E-state index contributed by atoms with van der Waals surface area (Å²) in [6.07, 6.45) is -2.30. The molecule has 2 aromatic rings. The number of aryl methyl sites for hydroxylation is 1. The lowest BCUT2D eigenvalue weighted by atomic mass is 10.0. The van der Waals surface area contributed by atoms with Crippen LogP contribution in [0.25, 0.3) is 11.1 Å². The zero-order chi connectivity index (χ0) is 14.0. The van der Waals surface area contributed by atoms with Gasteiger partial charge in [0.15, 0.2) is 0 Å². The molecule has 0 nitrogen and oxygen atoms in total. The normalized spacial score (nSPS) is 11.1. The van der Waals surface area contributed by atoms with Gasteiger partial charge in [-0.1, -0.05) is 31.2 Å². The van der Waals surface area contributed by atoms with E-state index in [1.807, 2.05) is 19.1 Å². The Morgan fingerprint density at radius 2 is 1.42 bits per heavy atom. The monoisotopic (exact) mass is 268 g/mol. The molecular formula is C15H12F4. The molecule has 0 spiro atoms. The van der Waals surface area contributed by atoms with Gasteiger partial charge >= 0.3 is 0 Å². The van der Waals surface area contributed by atoms with Crippen molar-refractivity contribution >= 4 is 0 Å². The van der Waals surface area contributed by atoms with E-state index in [0.717, 1.165) is 24.1 Å². The maximum atomic E-state index is 13.5. The maximum Gasteiger partial charge on any atom is 0.269 e. The van der Waals surface area contributed by atoms with E-state index in [2.05, 4.69) is 0 Å². The molecule has 0 atom stereocenters. The first-order valence-corrected chi connectivity index (χ1v) is 5.89. The first kappa shape index (κ1) is 13.6. The van der Waals surface area contributed by atoms with Gasteiger partial charge in [0.25, 0.3) is 6.43 Å². The van der Waals surface area contributed by atoms with Crippen molar-refractivity contribution in [3.8, 4) is 11.1 Å². The van der Waals surface area contributed by atoms with E-state index in [1.54, 1.807) is 12.1 Å². The molecule has 2 rings (SSSR count). The van der Waals surface area contributed by atoms with E-state index < -0.39 is 23.6 Å². The van der Waals surface area contributed by atoms with Gasteiger partial charge in [0, 0.05) is 0 Å². The predicted octanol–water partition coefficient (Wildman–Crippen LogP) is 5.13. The van der Waals surface area contributed by atoms with Crippen molar-refractivity contribution in [1.82, 2.24) is 0 Å². The summed E-state index contributed by atoms with van der Waals surface area (Å²) in [6.45, 7) is 1.99. The molecule has 100 valence electrons. The van der Waals surface area contributed by atoms with Gasteiger partial charge in [-0.2, -0.15) is 0 Å². The van der Waals surface area contributed by atoms with E-state index in [0.29, 0.717) is 5.56 Å². The van der Waals surface area contributed by atoms with Crippen molar-refractivity contribution in [2.45, 2.75) is 19.8 Å². The Morgan fingerprint density at radius 3 is 1.84 bits per heavy atom. The summed E-state index contributed by atoms with van der Waals surface area (Å²) in [5.41, 5.74) is 0.765. The molecule has 0 bridgehead atoms. The second kappa shape index (κ2) is 5.43. The van der Waals surface area contributed by atoms with E-state index in [1.165, 1.54) is 0 Å². The standard InChI is InChI=1S/C15H12F4/c1-2-9-3-5-10(6-4-9)11-7-12(16)14(15(18)19)13(17)8-11/h3-8,15H,2H2,1H3. The van der Waals surface area contributed by atoms with Gasteiger partial charge in [-0.25, -0.2) is 17.6 Å². The molecule has 0 amide bonds. The minimum Gasteiger partial charge on any atom is -0.206 e. The molecule has 0 fully saturated rings. The molecule has 0 unspecified atom stereocenters. The highest BCUT2D eigenvalue weighted by molar-refractivity contribution is 5.64. The van der Waals surface area contributed by atoms with Gasteiger partial charge in [0.1, 0.15) is 11.6 Å². The third-order valence-electron chi connectivity index (χ3n) is 2.99. The topological polar surface area (TPSA) is 0 Å². The highest BCUT2D eigenvalue weighted by Gasteiger charge is 2.20. The molecule has 2 aromatic carbocycles. The van der Waals surface area contributed by atoms with Gasteiger partial charge < -0.3 is 0 Å². The summed E-state index contributed by atoms with van der Waals surface area (Å²) in [5.74, 6) is -2.44. The smallest absolute Gasteiger partial charge is 0.206 e. The third-order valence-corrected chi connectivity index (χ3v) is 2.99. The Hall–Kier alpha value is -1.84. The molecule has 0 saturated heterocycles. The van der Waals surface area contributed by atoms with Gasteiger partial charge in [0.05, 0.1) is 5.56 Å². The van der Waals surface area contributed by atoms with Gasteiger partial charge in [-0.3, -0.25) is 0 Å². The van der Waals surface area contributed by atoms with Crippen molar-refractivity contribution in [3.05, 3.63) is 59.2 Å². The molecule has 0 aliphatic heterocycles. The van der Waals surface area contributed by atoms with E-state index in [-0.39, 0.29) is 5.56 Å². The summed E-state index contributed by atoms with van der Waals surface area (Å²) >= 11 is 0. The van der Waals surface area contributed by atoms with Crippen LogP contribution in [0.4, 0.5) is 17.6 Å². The van der Waals surface area contributed by atoms with Crippen molar-refractivity contribution in [2.24, 2.45) is 0 Å². The van der Waals surface area contributed by atoms with Crippen molar-refractivity contribution in [1.29, 1.82) is 0 Å². The molecule has 0 heterocycles. The van der Waals surface area contributed by atoms with Crippen LogP contribution in [0.15, 0.2) is 36.4 Å². The molecule has 0 aliphatic carbocycles. The number of hydrogen-bond acceptors (Lipinski definition) is 0. The first-order valence-electron chi connectivity index (χ1n) is 5.89. The summed E-state index contributed by atoms with van der Waals surface area (Å²) in [4.78, 5) is 0. The Kier molecular flexibility index (Phi) is 3.88. The number of rotatable bonds is 3. The van der Waals surface area contributed by atoms with Gasteiger partial charge in [-0.15, -0.1) is 0 Å². The van der Waals surface area contributed by atoms with Crippen LogP contribution in [0.2, 0.25) is 0 Å². The van der Waals surface area contributed by atoms with Crippen molar-refractivity contribution < 1.29 is 17.6 Å². The third kappa shape index (κ3) is 2.78. The molecule has 0 aliphatic rings. The van der Waals surface area contributed by atoms with Crippen LogP contribution >= 0.6 is 0 Å². The van der Waals surface area contributed by atoms with Crippen LogP contribution < -0.4 is 0 Å². The summed E-state index contributed by atoms with van der Waals surface area (Å²) in [7, 11) is 0. The molecule has 0 radical (unpaired) electrons. The van der Waals surface area contributed by atoms with Crippen LogP contribution in [0.5, 0.6) is 0 Å². The van der Waals surface area contributed by atoms with Gasteiger partial charge in [0.2, 0.25) is 0 Å². The van der Waals surface area contributed by atoms with Crippen LogP contribution in [0.3, 0.4) is 0 Å². The molecule has 4 heteroatoms. The Labute approximate surface area is 108 Å². The SMILES string of the molecule is CCc1ccc(-c2cc(F)c(C(F)F)c(F)c2)cc1. The largest absolute Gasteiger partial charge is 0.269 e. The minimum atomic E-state index is -3.16. The van der Waals surface area contributed by atoms with Gasteiger partial charge in [-0.05, 0) is 35.2 Å². The van der Waals surface area contributed by atoms with Crippen LogP contribution in [0, 0.1) is 11.6 Å².